The fourth-order valence-corrected chi connectivity index (χ4v) is 1.67. The Morgan fingerprint density at radius 2 is 1.52 bits per heavy atom. The minimum atomic E-state index is -6.39. The molecule has 1 atom stereocenters. The Bertz CT molecular complexity index is 602. The first-order chi connectivity index (χ1) is 11.5. The van der Waals surface area contributed by atoms with E-state index >= 15 is 0 Å². The van der Waals surface area contributed by atoms with E-state index in [0.717, 1.165) is 0 Å². The highest BCUT2D eigenvalue weighted by Crippen LogP contribution is 2.44. The van der Waals surface area contributed by atoms with Crippen molar-refractivity contribution in [2.75, 3.05) is 6.61 Å². The summed E-state index contributed by atoms with van der Waals surface area (Å²) in [5.41, 5.74) is -4.61. The molecule has 0 fully saturated rings. The third-order valence-corrected chi connectivity index (χ3v) is 3.05. The summed E-state index contributed by atoms with van der Waals surface area (Å²) in [7, 11) is 0. The van der Waals surface area contributed by atoms with Crippen LogP contribution >= 0.6 is 0 Å². The SMILES string of the molecule is CCCOC(=O)C(O)(C(=O)OCc1ccccc1)C(F)(F)C(F)(F)F. The van der Waals surface area contributed by atoms with Crippen LogP contribution in [0.4, 0.5) is 22.0 Å². The standard InChI is InChI=1S/C15H15F5O5/c1-2-8-24-11(21)13(23,14(16,17)15(18,19)20)12(22)25-9-10-6-4-3-5-7-10/h3-7,23H,2,8-9H2,1H3. The molecule has 10 heteroatoms. The second-order valence-electron chi connectivity index (χ2n) is 4.98. The second kappa shape index (κ2) is 7.77. The molecule has 1 unspecified atom stereocenters. The number of hydrogen-bond acceptors (Lipinski definition) is 5. The zero-order valence-electron chi connectivity index (χ0n) is 13.0. The summed E-state index contributed by atoms with van der Waals surface area (Å²) in [4.78, 5) is 23.4. The molecule has 1 rings (SSSR count). The van der Waals surface area contributed by atoms with Gasteiger partial charge in [-0.2, -0.15) is 22.0 Å². The Balaban J connectivity index is 3.13. The van der Waals surface area contributed by atoms with E-state index in [9.17, 15) is 36.6 Å². The zero-order valence-corrected chi connectivity index (χ0v) is 13.0. The van der Waals surface area contributed by atoms with Crippen LogP contribution in [0.1, 0.15) is 18.9 Å². The van der Waals surface area contributed by atoms with Gasteiger partial charge in [0.15, 0.2) is 0 Å². The Morgan fingerprint density at radius 3 is 2.00 bits per heavy atom. The van der Waals surface area contributed by atoms with Gasteiger partial charge in [0, 0.05) is 0 Å². The number of carbonyl (C=O) groups excluding carboxylic acids is 2. The van der Waals surface area contributed by atoms with Crippen LogP contribution in [0.5, 0.6) is 0 Å². The van der Waals surface area contributed by atoms with Gasteiger partial charge in [0.25, 0.3) is 0 Å². The van der Waals surface area contributed by atoms with Crippen molar-refractivity contribution >= 4 is 11.9 Å². The first kappa shape index (κ1) is 20.8. The van der Waals surface area contributed by atoms with Crippen LogP contribution in [0.2, 0.25) is 0 Å². The average Bonchev–Trinajstić information content (AvgIpc) is 2.56. The van der Waals surface area contributed by atoms with E-state index in [1.54, 1.807) is 6.07 Å². The lowest BCUT2D eigenvalue weighted by atomic mass is 9.95. The predicted octanol–water partition coefficient (Wildman–Crippen LogP) is 2.61. The van der Waals surface area contributed by atoms with E-state index in [1.165, 1.54) is 31.2 Å². The van der Waals surface area contributed by atoms with Crippen molar-refractivity contribution in [3.05, 3.63) is 35.9 Å². The Morgan fingerprint density at radius 1 is 1.00 bits per heavy atom. The number of ether oxygens (including phenoxy) is 2. The van der Waals surface area contributed by atoms with Gasteiger partial charge < -0.3 is 14.6 Å². The van der Waals surface area contributed by atoms with Gasteiger partial charge in [-0.1, -0.05) is 37.3 Å². The van der Waals surface area contributed by atoms with Crippen molar-refractivity contribution in [1.29, 1.82) is 0 Å². The molecule has 0 saturated heterocycles. The first-order valence-corrected chi connectivity index (χ1v) is 7.03. The highest BCUT2D eigenvalue weighted by molar-refractivity contribution is 6.04. The second-order valence-corrected chi connectivity index (χ2v) is 4.98. The molecule has 0 aliphatic carbocycles. The van der Waals surface area contributed by atoms with Gasteiger partial charge in [-0.05, 0) is 12.0 Å². The van der Waals surface area contributed by atoms with E-state index in [2.05, 4.69) is 9.47 Å². The molecule has 0 amide bonds. The molecule has 0 heterocycles. The van der Waals surface area contributed by atoms with Gasteiger partial charge in [-0.25, -0.2) is 9.59 Å². The molecule has 0 aliphatic rings. The maximum absolute atomic E-state index is 13.7. The van der Waals surface area contributed by atoms with Gasteiger partial charge in [0.2, 0.25) is 0 Å². The van der Waals surface area contributed by atoms with Crippen molar-refractivity contribution in [2.24, 2.45) is 0 Å². The van der Waals surface area contributed by atoms with Gasteiger partial charge in [0.05, 0.1) is 6.61 Å². The molecule has 1 aromatic carbocycles. The third kappa shape index (κ3) is 4.25. The fourth-order valence-electron chi connectivity index (χ4n) is 1.67. The Kier molecular flexibility index (Phi) is 6.47. The molecule has 0 aromatic heterocycles. The zero-order chi connectivity index (χ0) is 19.3. The number of esters is 2. The summed E-state index contributed by atoms with van der Waals surface area (Å²) >= 11 is 0. The highest BCUT2D eigenvalue weighted by Gasteiger charge is 2.78. The predicted molar refractivity (Wildman–Crippen MR) is 73.4 cm³/mol. The van der Waals surface area contributed by atoms with E-state index in [0.29, 0.717) is 0 Å². The summed E-state index contributed by atoms with van der Waals surface area (Å²) in [6, 6.07) is 7.36. The molecule has 0 spiro atoms. The molecule has 140 valence electrons. The number of hydrogen-bond donors (Lipinski definition) is 1. The molecule has 0 radical (unpaired) electrons. The molecule has 1 aromatic rings. The van der Waals surface area contributed by atoms with Crippen molar-refractivity contribution in [3.8, 4) is 0 Å². The smallest absolute Gasteiger partial charge is 0.457 e. The first-order valence-electron chi connectivity index (χ1n) is 7.03. The average molecular weight is 370 g/mol. The normalized spacial score (nSPS) is 14.5. The van der Waals surface area contributed by atoms with Gasteiger partial charge >= 0.3 is 29.6 Å². The number of benzene rings is 1. The lowest BCUT2D eigenvalue weighted by molar-refractivity contribution is -0.333. The topological polar surface area (TPSA) is 72.8 Å². The molecule has 5 nitrogen and oxygen atoms in total. The lowest BCUT2D eigenvalue weighted by Crippen LogP contribution is -2.66. The third-order valence-electron chi connectivity index (χ3n) is 3.05. The van der Waals surface area contributed by atoms with Crippen LogP contribution in [-0.2, 0) is 25.7 Å². The van der Waals surface area contributed by atoms with E-state index in [1.807, 2.05) is 0 Å². The number of carbonyl (C=O) groups is 2. The summed E-state index contributed by atoms with van der Waals surface area (Å²) in [6.07, 6.45) is -6.32. The fraction of sp³-hybridized carbons (Fsp3) is 0.467. The van der Waals surface area contributed by atoms with Crippen molar-refractivity contribution in [3.63, 3.8) is 0 Å². The molecule has 0 bridgehead atoms. The molecule has 1 N–H and O–H groups in total. The molecule has 0 saturated carbocycles. The summed E-state index contributed by atoms with van der Waals surface area (Å²) in [5, 5.41) is 9.70. The van der Waals surface area contributed by atoms with Gasteiger partial charge in [-0.15, -0.1) is 0 Å². The Hall–Kier alpha value is -2.23. The van der Waals surface area contributed by atoms with Gasteiger partial charge in [-0.3, -0.25) is 0 Å². The van der Waals surface area contributed by atoms with Crippen LogP contribution in [0, 0.1) is 0 Å². The quantitative estimate of drug-likeness (QED) is 0.454. The molecular formula is C15H15F5O5. The van der Waals surface area contributed by atoms with Crippen LogP contribution < -0.4 is 0 Å². The van der Waals surface area contributed by atoms with E-state index in [-0.39, 0.29) is 12.0 Å². The minimum absolute atomic E-state index is 0.0679. The monoisotopic (exact) mass is 370 g/mol. The lowest BCUT2D eigenvalue weighted by Gasteiger charge is -2.32. The van der Waals surface area contributed by atoms with Crippen LogP contribution in [-0.4, -0.2) is 41.4 Å². The summed E-state index contributed by atoms with van der Waals surface area (Å²) in [5.74, 6) is -11.0. The van der Waals surface area contributed by atoms with Crippen molar-refractivity contribution in [2.45, 2.75) is 37.7 Å². The largest absolute Gasteiger partial charge is 0.463 e. The van der Waals surface area contributed by atoms with Crippen molar-refractivity contribution in [1.82, 2.24) is 0 Å². The van der Waals surface area contributed by atoms with Crippen molar-refractivity contribution < 1.29 is 46.1 Å². The minimum Gasteiger partial charge on any atom is -0.463 e. The van der Waals surface area contributed by atoms with Crippen LogP contribution in [0.25, 0.3) is 0 Å². The molecule has 25 heavy (non-hydrogen) atoms. The summed E-state index contributed by atoms with van der Waals surface area (Å²) < 4.78 is 73.6. The van der Waals surface area contributed by atoms with Crippen LogP contribution in [0.3, 0.4) is 0 Å². The molecule has 0 aliphatic heterocycles. The maximum atomic E-state index is 13.7. The number of aliphatic hydroxyl groups is 1. The molecular weight excluding hydrogens is 355 g/mol. The van der Waals surface area contributed by atoms with E-state index < -0.39 is 42.9 Å². The number of rotatable bonds is 7. The summed E-state index contributed by atoms with van der Waals surface area (Å²) in [6.45, 7) is 0.139. The number of alkyl halides is 5. The Labute approximate surface area is 139 Å². The maximum Gasteiger partial charge on any atom is 0.457 e. The highest BCUT2D eigenvalue weighted by atomic mass is 19.4. The van der Waals surface area contributed by atoms with E-state index in [4.69, 9.17) is 0 Å². The van der Waals surface area contributed by atoms with Gasteiger partial charge in [0.1, 0.15) is 6.61 Å². The number of halogens is 5. The van der Waals surface area contributed by atoms with Crippen LogP contribution in [0.15, 0.2) is 30.3 Å².